The molecule has 1 amide bonds. The Hall–Kier alpha value is -2.44. The van der Waals surface area contributed by atoms with Crippen LogP contribution < -0.4 is 0 Å². The zero-order valence-electron chi connectivity index (χ0n) is 13.8. The van der Waals surface area contributed by atoms with Crippen LogP contribution in [0.1, 0.15) is 49.4 Å². The summed E-state index contributed by atoms with van der Waals surface area (Å²) >= 11 is 0. The van der Waals surface area contributed by atoms with E-state index < -0.39 is 4.92 Å². The molecule has 0 bridgehead atoms. The lowest BCUT2D eigenvalue weighted by atomic mass is 10.1. The molecule has 1 aromatic rings. The highest BCUT2D eigenvalue weighted by molar-refractivity contribution is 5.95. The van der Waals surface area contributed by atoms with E-state index in [2.05, 4.69) is 0 Å². The van der Waals surface area contributed by atoms with Gasteiger partial charge < -0.3 is 9.64 Å². The predicted octanol–water partition coefficient (Wildman–Crippen LogP) is 2.93. The number of hydrogen-bond donors (Lipinski definition) is 0. The summed E-state index contributed by atoms with van der Waals surface area (Å²) in [6, 6.07) is 5.79. The topological polar surface area (TPSA) is 89.8 Å². The number of ether oxygens (including phenoxy) is 1. The van der Waals surface area contributed by atoms with Crippen molar-refractivity contribution in [1.82, 2.24) is 4.90 Å². The van der Waals surface area contributed by atoms with Gasteiger partial charge in [-0.15, -0.1) is 0 Å². The Morgan fingerprint density at radius 1 is 1.33 bits per heavy atom. The van der Waals surface area contributed by atoms with Crippen LogP contribution in [0.5, 0.6) is 0 Å². The summed E-state index contributed by atoms with van der Waals surface area (Å²) in [4.78, 5) is 36.5. The van der Waals surface area contributed by atoms with Gasteiger partial charge in [0.1, 0.15) is 0 Å². The second-order valence-corrected chi connectivity index (χ2v) is 5.80. The first-order chi connectivity index (χ1) is 11.5. The van der Waals surface area contributed by atoms with Crippen molar-refractivity contribution in [2.24, 2.45) is 0 Å². The highest BCUT2D eigenvalue weighted by atomic mass is 16.6. The molecule has 24 heavy (non-hydrogen) atoms. The molecular formula is C17H22N2O5. The fourth-order valence-electron chi connectivity index (χ4n) is 3.03. The summed E-state index contributed by atoms with van der Waals surface area (Å²) in [7, 11) is 0. The number of non-ortho nitro benzene ring substituents is 1. The van der Waals surface area contributed by atoms with Crippen molar-refractivity contribution in [2.45, 2.75) is 45.1 Å². The van der Waals surface area contributed by atoms with Crippen molar-refractivity contribution >= 4 is 17.6 Å². The van der Waals surface area contributed by atoms with Gasteiger partial charge in [0.15, 0.2) is 0 Å². The molecule has 0 heterocycles. The first kappa shape index (κ1) is 17.9. The number of nitrogens with zero attached hydrogens (tertiary/aromatic N) is 2. The monoisotopic (exact) mass is 334 g/mol. The molecule has 7 heteroatoms. The Morgan fingerprint density at radius 3 is 2.67 bits per heavy atom. The van der Waals surface area contributed by atoms with E-state index in [1.54, 1.807) is 17.9 Å². The number of amides is 1. The van der Waals surface area contributed by atoms with Gasteiger partial charge in [0.2, 0.25) is 0 Å². The molecule has 1 aliphatic carbocycles. The first-order valence-electron chi connectivity index (χ1n) is 8.24. The number of nitro benzene ring substituents is 1. The number of carbonyl (C=O) groups is 2. The Labute approximate surface area is 140 Å². The van der Waals surface area contributed by atoms with E-state index >= 15 is 0 Å². The van der Waals surface area contributed by atoms with Crippen molar-refractivity contribution < 1.29 is 19.2 Å². The second-order valence-electron chi connectivity index (χ2n) is 5.80. The van der Waals surface area contributed by atoms with Crippen LogP contribution in [0.25, 0.3) is 0 Å². The quantitative estimate of drug-likeness (QED) is 0.434. The summed E-state index contributed by atoms with van der Waals surface area (Å²) in [6.45, 7) is 2.31. The minimum absolute atomic E-state index is 0.0752. The van der Waals surface area contributed by atoms with Crippen molar-refractivity contribution in [3.05, 3.63) is 39.9 Å². The van der Waals surface area contributed by atoms with Crippen LogP contribution in [-0.2, 0) is 9.53 Å². The summed E-state index contributed by atoms with van der Waals surface area (Å²) in [5.74, 6) is -0.609. The predicted molar refractivity (Wildman–Crippen MR) is 87.6 cm³/mol. The number of nitro groups is 1. The van der Waals surface area contributed by atoms with E-state index in [1.807, 2.05) is 0 Å². The molecule has 0 spiro atoms. The molecule has 130 valence electrons. The van der Waals surface area contributed by atoms with Gasteiger partial charge in [-0.3, -0.25) is 19.7 Å². The molecular weight excluding hydrogens is 312 g/mol. The third-order valence-corrected chi connectivity index (χ3v) is 4.19. The van der Waals surface area contributed by atoms with Gasteiger partial charge in [-0.05, 0) is 25.8 Å². The van der Waals surface area contributed by atoms with Crippen molar-refractivity contribution in [1.29, 1.82) is 0 Å². The molecule has 1 saturated carbocycles. The molecule has 2 rings (SSSR count). The Kier molecular flexibility index (Phi) is 6.28. The van der Waals surface area contributed by atoms with Gasteiger partial charge in [-0.25, -0.2) is 0 Å². The van der Waals surface area contributed by atoms with Gasteiger partial charge >= 0.3 is 5.97 Å². The van der Waals surface area contributed by atoms with E-state index in [9.17, 15) is 19.7 Å². The number of rotatable bonds is 7. The molecule has 1 fully saturated rings. The third kappa shape index (κ3) is 4.53. The van der Waals surface area contributed by atoms with E-state index in [1.165, 1.54) is 18.2 Å². The normalized spacial score (nSPS) is 14.4. The first-order valence-corrected chi connectivity index (χ1v) is 8.24. The lowest BCUT2D eigenvalue weighted by Gasteiger charge is -2.28. The van der Waals surface area contributed by atoms with Crippen LogP contribution in [0, 0.1) is 10.1 Å². The summed E-state index contributed by atoms with van der Waals surface area (Å²) in [5, 5.41) is 10.9. The number of esters is 1. The van der Waals surface area contributed by atoms with E-state index in [4.69, 9.17) is 4.74 Å². The van der Waals surface area contributed by atoms with Crippen LogP contribution in [0.3, 0.4) is 0 Å². The molecule has 0 aromatic heterocycles. The summed E-state index contributed by atoms with van der Waals surface area (Å²) < 4.78 is 4.92. The fraction of sp³-hybridized carbons (Fsp3) is 0.529. The van der Waals surface area contributed by atoms with Gasteiger partial charge in [0.25, 0.3) is 11.6 Å². The van der Waals surface area contributed by atoms with Crippen molar-refractivity contribution in [3.63, 3.8) is 0 Å². The summed E-state index contributed by atoms with van der Waals surface area (Å²) in [5.41, 5.74) is 0.164. The number of carbonyl (C=O) groups excluding carboxylic acids is 2. The van der Waals surface area contributed by atoms with Crippen LogP contribution in [0.4, 0.5) is 5.69 Å². The zero-order chi connectivity index (χ0) is 17.5. The SMILES string of the molecule is CCOC(=O)CCN(C(=O)c1cccc([N+](=O)[O-])c1)C1CCCC1. The maximum atomic E-state index is 12.8. The van der Waals surface area contributed by atoms with Crippen LogP contribution >= 0.6 is 0 Å². The molecule has 7 nitrogen and oxygen atoms in total. The fourth-order valence-corrected chi connectivity index (χ4v) is 3.03. The molecule has 0 unspecified atom stereocenters. The molecule has 0 N–H and O–H groups in total. The largest absolute Gasteiger partial charge is 0.466 e. The van der Waals surface area contributed by atoms with Crippen molar-refractivity contribution in [2.75, 3.05) is 13.2 Å². The smallest absolute Gasteiger partial charge is 0.307 e. The van der Waals surface area contributed by atoms with Crippen LogP contribution in [0.15, 0.2) is 24.3 Å². The Bertz CT molecular complexity index is 611. The molecule has 1 aliphatic rings. The van der Waals surface area contributed by atoms with Crippen molar-refractivity contribution in [3.8, 4) is 0 Å². The lowest BCUT2D eigenvalue weighted by Crippen LogP contribution is -2.40. The Morgan fingerprint density at radius 2 is 2.04 bits per heavy atom. The Balaban J connectivity index is 2.15. The number of benzene rings is 1. The standard InChI is InChI=1S/C17H22N2O5/c1-2-24-16(20)10-11-18(14-7-3-4-8-14)17(21)13-6-5-9-15(12-13)19(22)23/h5-6,9,12,14H,2-4,7-8,10-11H2,1H3. The van der Waals surface area contributed by atoms with E-state index in [0.717, 1.165) is 25.7 Å². The molecule has 0 atom stereocenters. The molecule has 0 aliphatic heterocycles. The van der Waals surface area contributed by atoms with E-state index in [-0.39, 0.29) is 42.1 Å². The van der Waals surface area contributed by atoms with Gasteiger partial charge in [-0.1, -0.05) is 18.9 Å². The molecule has 0 saturated heterocycles. The molecule has 1 aromatic carbocycles. The second kappa shape index (κ2) is 8.42. The number of hydrogen-bond acceptors (Lipinski definition) is 5. The van der Waals surface area contributed by atoms with E-state index in [0.29, 0.717) is 6.61 Å². The van der Waals surface area contributed by atoms with Crippen LogP contribution in [-0.4, -0.2) is 40.9 Å². The van der Waals surface area contributed by atoms with Gasteiger partial charge in [-0.2, -0.15) is 0 Å². The highest BCUT2D eigenvalue weighted by Gasteiger charge is 2.28. The minimum atomic E-state index is -0.519. The maximum Gasteiger partial charge on any atom is 0.307 e. The average molecular weight is 334 g/mol. The van der Waals surface area contributed by atoms with Gasteiger partial charge in [0.05, 0.1) is 18.0 Å². The van der Waals surface area contributed by atoms with Gasteiger partial charge in [0, 0.05) is 30.3 Å². The van der Waals surface area contributed by atoms with Crippen LogP contribution in [0.2, 0.25) is 0 Å². The maximum absolute atomic E-state index is 12.8. The highest BCUT2D eigenvalue weighted by Crippen LogP contribution is 2.26. The summed E-state index contributed by atoms with van der Waals surface area (Å²) in [6.07, 6.45) is 4.00. The third-order valence-electron chi connectivity index (χ3n) is 4.19. The average Bonchev–Trinajstić information content (AvgIpc) is 3.09. The lowest BCUT2D eigenvalue weighted by molar-refractivity contribution is -0.384. The zero-order valence-corrected chi connectivity index (χ0v) is 13.8. The molecule has 0 radical (unpaired) electrons. The minimum Gasteiger partial charge on any atom is -0.466 e.